The lowest BCUT2D eigenvalue weighted by atomic mass is 10.1. The second-order valence-electron chi connectivity index (χ2n) is 7.24. The van der Waals surface area contributed by atoms with Crippen LogP contribution < -0.4 is 0 Å². The number of aromatic nitrogens is 1. The molecule has 0 bridgehead atoms. The molecule has 0 fully saturated rings. The SMILES string of the molecule is Cc1ccc(S(=O)(=O)N(C#Cc2cccc(C(=O)O)c2-n2cccc2)Cc2ccco2)cc1. The summed E-state index contributed by atoms with van der Waals surface area (Å²) in [4.78, 5) is 11.9. The molecular weight excluding hydrogens is 440 g/mol. The first kappa shape index (κ1) is 22.0. The number of carbonyl (C=O) groups is 1. The molecule has 2 aromatic heterocycles. The quantitative estimate of drug-likeness (QED) is 0.343. The maximum absolute atomic E-state index is 13.4. The molecule has 0 saturated heterocycles. The molecule has 0 aliphatic rings. The summed E-state index contributed by atoms with van der Waals surface area (Å²) in [7, 11) is -3.98. The lowest BCUT2D eigenvalue weighted by Crippen LogP contribution is -2.26. The molecule has 0 aliphatic carbocycles. The summed E-state index contributed by atoms with van der Waals surface area (Å²) in [6.07, 6.45) is 4.87. The molecule has 4 rings (SSSR count). The van der Waals surface area contributed by atoms with Crippen molar-refractivity contribution in [2.24, 2.45) is 0 Å². The van der Waals surface area contributed by atoms with Crippen molar-refractivity contribution >= 4 is 16.0 Å². The van der Waals surface area contributed by atoms with E-state index in [4.69, 9.17) is 4.42 Å². The molecule has 1 N–H and O–H groups in total. The van der Waals surface area contributed by atoms with Gasteiger partial charge in [-0.1, -0.05) is 23.8 Å². The molecule has 0 saturated carbocycles. The number of para-hydroxylation sites is 1. The van der Waals surface area contributed by atoms with Crippen molar-refractivity contribution in [3.63, 3.8) is 0 Å². The van der Waals surface area contributed by atoms with E-state index >= 15 is 0 Å². The Balaban J connectivity index is 1.82. The number of hydrogen-bond donors (Lipinski definition) is 1. The average molecular weight is 461 g/mol. The first-order chi connectivity index (χ1) is 15.9. The number of aryl methyl sites for hydroxylation is 1. The van der Waals surface area contributed by atoms with Crippen LogP contribution in [0.15, 0.2) is 94.7 Å². The average Bonchev–Trinajstić information content (AvgIpc) is 3.51. The predicted octanol–water partition coefficient (Wildman–Crippen LogP) is 4.28. The van der Waals surface area contributed by atoms with Crippen LogP contribution in [0.4, 0.5) is 0 Å². The largest absolute Gasteiger partial charge is 0.478 e. The van der Waals surface area contributed by atoms with E-state index < -0.39 is 16.0 Å². The highest BCUT2D eigenvalue weighted by molar-refractivity contribution is 7.89. The highest BCUT2D eigenvalue weighted by Gasteiger charge is 2.23. The molecule has 0 aliphatic heterocycles. The van der Waals surface area contributed by atoms with Crippen molar-refractivity contribution < 1.29 is 22.7 Å². The molecule has 166 valence electrons. The van der Waals surface area contributed by atoms with Crippen molar-refractivity contribution in [1.82, 2.24) is 8.87 Å². The normalized spacial score (nSPS) is 10.9. The Kier molecular flexibility index (Phi) is 6.07. The molecule has 0 amide bonds. The van der Waals surface area contributed by atoms with Gasteiger partial charge in [0.1, 0.15) is 12.3 Å². The molecule has 2 heterocycles. The van der Waals surface area contributed by atoms with E-state index in [1.54, 1.807) is 65.5 Å². The van der Waals surface area contributed by atoms with E-state index in [-0.39, 0.29) is 17.0 Å². The fourth-order valence-corrected chi connectivity index (χ4v) is 4.46. The van der Waals surface area contributed by atoms with Crippen LogP contribution in [-0.4, -0.2) is 28.4 Å². The minimum Gasteiger partial charge on any atom is -0.478 e. The Bertz CT molecular complexity index is 1430. The molecule has 2 aromatic carbocycles. The maximum atomic E-state index is 13.4. The number of rotatable bonds is 6. The van der Waals surface area contributed by atoms with Crippen LogP contribution >= 0.6 is 0 Å². The third-order valence-corrected chi connectivity index (χ3v) is 6.60. The number of nitrogens with zero attached hydrogens (tertiary/aromatic N) is 2. The molecule has 8 heteroatoms. The van der Waals surface area contributed by atoms with Crippen LogP contribution in [0.5, 0.6) is 0 Å². The molecule has 0 atom stereocenters. The van der Waals surface area contributed by atoms with E-state index in [1.807, 2.05) is 6.92 Å². The minimum atomic E-state index is -3.98. The Morgan fingerprint density at radius 3 is 2.39 bits per heavy atom. The van der Waals surface area contributed by atoms with Gasteiger partial charge in [-0.25, -0.2) is 17.5 Å². The highest BCUT2D eigenvalue weighted by Crippen LogP contribution is 2.22. The van der Waals surface area contributed by atoms with Crippen LogP contribution in [0.25, 0.3) is 5.69 Å². The fraction of sp³-hybridized carbons (Fsp3) is 0.0800. The van der Waals surface area contributed by atoms with Gasteiger partial charge in [0.05, 0.1) is 28.0 Å². The van der Waals surface area contributed by atoms with Gasteiger partial charge in [-0.2, -0.15) is 0 Å². The third-order valence-electron chi connectivity index (χ3n) is 4.93. The zero-order valence-electron chi connectivity index (χ0n) is 17.7. The first-order valence-corrected chi connectivity index (χ1v) is 11.4. The standard InChI is InChI=1S/C25H20N2O5S/c1-19-9-11-22(12-10-19)33(30,31)27(18-21-7-5-17-32-21)16-13-20-6-4-8-23(25(28)29)24(20)26-14-2-3-15-26/h2-12,14-15,17H,18H2,1H3,(H,28,29). The Morgan fingerprint density at radius 2 is 1.76 bits per heavy atom. The highest BCUT2D eigenvalue weighted by atomic mass is 32.2. The van der Waals surface area contributed by atoms with Crippen LogP contribution in [0.3, 0.4) is 0 Å². The minimum absolute atomic E-state index is 0.0528. The summed E-state index contributed by atoms with van der Waals surface area (Å²) in [6, 6.07) is 20.8. The molecule has 4 aromatic rings. The molecule has 0 spiro atoms. The zero-order chi connectivity index (χ0) is 23.4. The van der Waals surface area contributed by atoms with Gasteiger partial charge in [-0.05, 0) is 61.4 Å². The number of sulfonamides is 1. The van der Waals surface area contributed by atoms with Gasteiger partial charge in [-0.3, -0.25) is 0 Å². The number of hydrogen-bond acceptors (Lipinski definition) is 4. The van der Waals surface area contributed by atoms with Crippen molar-refractivity contribution in [1.29, 1.82) is 0 Å². The van der Waals surface area contributed by atoms with Gasteiger partial charge in [0.25, 0.3) is 10.0 Å². The number of carboxylic acids is 1. The van der Waals surface area contributed by atoms with Gasteiger partial charge in [0.15, 0.2) is 0 Å². The molecule has 0 radical (unpaired) electrons. The van der Waals surface area contributed by atoms with E-state index in [2.05, 4.69) is 12.0 Å². The fourth-order valence-electron chi connectivity index (χ4n) is 3.27. The summed E-state index contributed by atoms with van der Waals surface area (Å²) >= 11 is 0. The topological polar surface area (TPSA) is 92.8 Å². The Labute approximate surface area is 191 Å². The summed E-state index contributed by atoms with van der Waals surface area (Å²) in [5, 5.41) is 9.66. The predicted molar refractivity (Wildman–Crippen MR) is 122 cm³/mol. The van der Waals surface area contributed by atoms with Crippen LogP contribution in [0.1, 0.15) is 27.2 Å². The van der Waals surface area contributed by atoms with Crippen molar-refractivity contribution in [2.75, 3.05) is 0 Å². The number of carboxylic acid groups (broad SMARTS) is 1. The summed E-state index contributed by atoms with van der Waals surface area (Å²) < 4.78 is 34.7. The van der Waals surface area contributed by atoms with Crippen molar-refractivity contribution in [2.45, 2.75) is 18.4 Å². The Hall–Kier alpha value is -4.22. The summed E-state index contributed by atoms with van der Waals surface area (Å²) in [5.74, 6) is 2.18. The molecule has 33 heavy (non-hydrogen) atoms. The Morgan fingerprint density at radius 1 is 1.03 bits per heavy atom. The summed E-state index contributed by atoms with van der Waals surface area (Å²) in [6.45, 7) is 1.77. The molecular formula is C25H20N2O5S. The van der Waals surface area contributed by atoms with Crippen LogP contribution in [-0.2, 0) is 16.6 Å². The van der Waals surface area contributed by atoms with Gasteiger partial charge in [-0.15, -0.1) is 0 Å². The number of benzene rings is 2. The lowest BCUT2D eigenvalue weighted by molar-refractivity contribution is 0.0697. The number of furan rings is 1. The smallest absolute Gasteiger partial charge is 0.337 e. The van der Waals surface area contributed by atoms with Crippen LogP contribution in [0, 0.1) is 18.9 Å². The maximum Gasteiger partial charge on any atom is 0.337 e. The summed E-state index contributed by atoms with van der Waals surface area (Å²) in [5.41, 5.74) is 1.71. The monoisotopic (exact) mass is 460 g/mol. The van der Waals surface area contributed by atoms with Crippen LogP contribution in [0.2, 0.25) is 0 Å². The second-order valence-corrected chi connectivity index (χ2v) is 9.10. The second kappa shape index (κ2) is 9.10. The van der Waals surface area contributed by atoms with Gasteiger partial charge < -0.3 is 14.1 Å². The zero-order valence-corrected chi connectivity index (χ0v) is 18.5. The molecule has 7 nitrogen and oxygen atoms in total. The van der Waals surface area contributed by atoms with E-state index in [0.29, 0.717) is 17.0 Å². The first-order valence-electron chi connectivity index (χ1n) is 9.99. The van der Waals surface area contributed by atoms with E-state index in [1.165, 1.54) is 24.5 Å². The molecule has 0 unspecified atom stereocenters. The lowest BCUT2D eigenvalue weighted by Gasteiger charge is -2.17. The van der Waals surface area contributed by atoms with Crippen molar-refractivity contribution in [3.05, 3.63) is 108 Å². The number of aromatic carboxylic acids is 1. The van der Waals surface area contributed by atoms with Gasteiger partial charge in [0.2, 0.25) is 0 Å². The van der Waals surface area contributed by atoms with E-state index in [0.717, 1.165) is 9.87 Å². The van der Waals surface area contributed by atoms with Gasteiger partial charge >= 0.3 is 5.97 Å². The van der Waals surface area contributed by atoms with E-state index in [9.17, 15) is 18.3 Å². The third kappa shape index (κ3) is 4.68. The van der Waals surface area contributed by atoms with Crippen molar-refractivity contribution in [3.8, 4) is 17.7 Å². The van der Waals surface area contributed by atoms with Gasteiger partial charge in [0, 0.05) is 18.4 Å².